The normalized spacial score (nSPS) is 19.2. The van der Waals surface area contributed by atoms with Crippen LogP contribution in [0.4, 0.5) is 0 Å². The Hall–Kier alpha value is -0.920. The fourth-order valence-electron chi connectivity index (χ4n) is 4.78. The zero-order valence-corrected chi connectivity index (χ0v) is 20.5. The highest BCUT2D eigenvalue weighted by Gasteiger charge is 2.22. The molecule has 0 aliphatic heterocycles. The van der Waals surface area contributed by atoms with Gasteiger partial charge >= 0.3 is 0 Å². The number of benzene rings is 2. The molecular formula is C28H39ClS. The topological polar surface area (TPSA) is 0 Å². The molecule has 0 nitrogen and oxygen atoms in total. The van der Waals surface area contributed by atoms with Gasteiger partial charge in [-0.25, -0.2) is 0 Å². The van der Waals surface area contributed by atoms with Gasteiger partial charge in [0.2, 0.25) is 0 Å². The standard InChI is InChI=1S/C28H39ClS/c1-3-5-6-7-9-23-14-16-25(17-15-23)26-18-19-28(27(29)20-26)30-21-24-12-10-22(8-4-2)11-13-24/h10-13,18-20,23,25H,3-9,14-17,21H2,1-2H3/t23-,25-. The monoisotopic (exact) mass is 442 g/mol. The number of aryl methyl sites for hydroxylation is 1. The smallest absolute Gasteiger partial charge is 0.0544 e. The summed E-state index contributed by atoms with van der Waals surface area (Å²) in [6.45, 7) is 4.53. The average molecular weight is 443 g/mol. The van der Waals surface area contributed by atoms with Gasteiger partial charge in [-0.3, -0.25) is 0 Å². The van der Waals surface area contributed by atoms with Crippen LogP contribution in [-0.2, 0) is 12.2 Å². The van der Waals surface area contributed by atoms with E-state index < -0.39 is 0 Å². The maximum absolute atomic E-state index is 6.69. The second-order valence-electron chi connectivity index (χ2n) is 9.11. The third-order valence-electron chi connectivity index (χ3n) is 6.70. The lowest BCUT2D eigenvalue weighted by Crippen LogP contribution is -2.13. The maximum Gasteiger partial charge on any atom is 0.0544 e. The van der Waals surface area contributed by atoms with Gasteiger partial charge in [0.1, 0.15) is 0 Å². The Morgan fingerprint density at radius 3 is 2.23 bits per heavy atom. The van der Waals surface area contributed by atoms with Gasteiger partial charge in [-0.15, -0.1) is 11.8 Å². The van der Waals surface area contributed by atoms with E-state index in [1.165, 1.54) is 92.2 Å². The molecule has 1 aliphatic carbocycles. The molecule has 1 fully saturated rings. The molecule has 0 atom stereocenters. The van der Waals surface area contributed by atoms with Crippen molar-refractivity contribution in [1.29, 1.82) is 0 Å². The van der Waals surface area contributed by atoms with Crippen molar-refractivity contribution in [2.45, 2.75) is 101 Å². The largest absolute Gasteiger partial charge is 0.120 e. The first kappa shape index (κ1) is 23.7. The average Bonchev–Trinajstić information content (AvgIpc) is 2.77. The van der Waals surface area contributed by atoms with Crippen LogP contribution in [0.3, 0.4) is 0 Å². The summed E-state index contributed by atoms with van der Waals surface area (Å²) >= 11 is 8.54. The fourth-order valence-corrected chi connectivity index (χ4v) is 6.01. The molecule has 1 aliphatic rings. The minimum Gasteiger partial charge on any atom is -0.120 e. The van der Waals surface area contributed by atoms with Crippen molar-refractivity contribution in [3.05, 3.63) is 64.2 Å². The molecule has 164 valence electrons. The summed E-state index contributed by atoms with van der Waals surface area (Å²) in [5.74, 6) is 2.65. The summed E-state index contributed by atoms with van der Waals surface area (Å²) in [7, 11) is 0. The van der Waals surface area contributed by atoms with E-state index >= 15 is 0 Å². The van der Waals surface area contributed by atoms with E-state index in [1.807, 2.05) is 11.8 Å². The van der Waals surface area contributed by atoms with Crippen LogP contribution in [0.15, 0.2) is 47.4 Å². The second kappa shape index (κ2) is 12.8. The highest BCUT2D eigenvalue weighted by Crippen LogP contribution is 2.40. The molecule has 3 rings (SSSR count). The Morgan fingerprint density at radius 1 is 0.833 bits per heavy atom. The van der Waals surface area contributed by atoms with Gasteiger partial charge in [-0.05, 0) is 72.8 Å². The summed E-state index contributed by atoms with van der Waals surface area (Å²) in [4.78, 5) is 1.21. The third-order valence-corrected chi connectivity index (χ3v) is 8.27. The van der Waals surface area contributed by atoms with Crippen molar-refractivity contribution in [3.63, 3.8) is 0 Å². The third kappa shape index (κ3) is 7.34. The van der Waals surface area contributed by atoms with E-state index in [-0.39, 0.29) is 0 Å². The lowest BCUT2D eigenvalue weighted by Gasteiger charge is -2.29. The number of hydrogen-bond acceptors (Lipinski definition) is 1. The molecule has 30 heavy (non-hydrogen) atoms. The lowest BCUT2D eigenvalue weighted by atomic mass is 9.77. The Balaban J connectivity index is 1.47. The fraction of sp³-hybridized carbons (Fsp3) is 0.571. The van der Waals surface area contributed by atoms with Crippen molar-refractivity contribution in [2.24, 2.45) is 5.92 Å². The van der Waals surface area contributed by atoms with E-state index in [2.05, 4.69) is 56.3 Å². The van der Waals surface area contributed by atoms with Crippen LogP contribution in [0.2, 0.25) is 5.02 Å². The molecule has 0 heterocycles. The van der Waals surface area contributed by atoms with Gasteiger partial charge in [0.25, 0.3) is 0 Å². The molecule has 0 saturated heterocycles. The molecule has 0 radical (unpaired) electrons. The number of thioether (sulfide) groups is 1. The van der Waals surface area contributed by atoms with Gasteiger partial charge < -0.3 is 0 Å². The molecule has 2 heteroatoms. The summed E-state index contributed by atoms with van der Waals surface area (Å²) in [6, 6.07) is 15.9. The number of halogens is 1. The van der Waals surface area contributed by atoms with Crippen molar-refractivity contribution in [3.8, 4) is 0 Å². The highest BCUT2D eigenvalue weighted by atomic mass is 35.5. The Kier molecular flexibility index (Phi) is 10.1. The van der Waals surface area contributed by atoms with Crippen molar-refractivity contribution < 1.29 is 0 Å². The maximum atomic E-state index is 6.69. The zero-order chi connectivity index (χ0) is 21.2. The van der Waals surface area contributed by atoms with Crippen LogP contribution in [-0.4, -0.2) is 0 Å². The summed E-state index contributed by atoms with van der Waals surface area (Å²) < 4.78 is 0. The summed E-state index contributed by atoms with van der Waals surface area (Å²) in [5, 5.41) is 0.932. The molecule has 0 N–H and O–H groups in total. The predicted molar refractivity (Wildman–Crippen MR) is 135 cm³/mol. The molecule has 0 spiro atoms. The van der Waals surface area contributed by atoms with E-state index in [0.717, 1.165) is 16.7 Å². The Labute approximate surface area is 194 Å². The molecule has 0 unspecified atom stereocenters. The van der Waals surface area contributed by atoms with Crippen LogP contribution in [0.1, 0.15) is 101 Å². The Bertz CT molecular complexity index is 744. The van der Waals surface area contributed by atoms with Crippen molar-refractivity contribution >= 4 is 23.4 Å². The quantitative estimate of drug-likeness (QED) is 0.246. The molecule has 0 bridgehead atoms. The minimum absolute atomic E-state index is 0.708. The van der Waals surface area contributed by atoms with Crippen LogP contribution in [0.25, 0.3) is 0 Å². The second-order valence-corrected chi connectivity index (χ2v) is 10.5. The van der Waals surface area contributed by atoms with Gasteiger partial charge in [-0.2, -0.15) is 0 Å². The summed E-state index contributed by atoms with van der Waals surface area (Å²) in [6.07, 6.45) is 14.9. The molecule has 0 aromatic heterocycles. The molecule has 0 amide bonds. The van der Waals surface area contributed by atoms with E-state index in [0.29, 0.717) is 5.92 Å². The van der Waals surface area contributed by atoms with Gasteiger partial charge in [0.15, 0.2) is 0 Å². The predicted octanol–water partition coefficient (Wildman–Crippen LogP) is 9.83. The highest BCUT2D eigenvalue weighted by molar-refractivity contribution is 7.98. The zero-order valence-electron chi connectivity index (χ0n) is 19.0. The van der Waals surface area contributed by atoms with Crippen molar-refractivity contribution in [2.75, 3.05) is 0 Å². The van der Waals surface area contributed by atoms with Crippen LogP contribution >= 0.6 is 23.4 Å². The molecule has 2 aromatic carbocycles. The van der Waals surface area contributed by atoms with Crippen LogP contribution < -0.4 is 0 Å². The number of rotatable bonds is 11. The molecule has 1 saturated carbocycles. The van der Waals surface area contributed by atoms with E-state index in [1.54, 1.807) is 0 Å². The molecule has 2 aromatic rings. The van der Waals surface area contributed by atoms with Gasteiger partial charge in [0.05, 0.1) is 5.02 Å². The SMILES string of the molecule is CCCCCC[C@H]1CC[C@H](c2ccc(SCc3ccc(CCC)cc3)c(Cl)c2)CC1. The number of hydrogen-bond donors (Lipinski definition) is 0. The minimum atomic E-state index is 0.708. The van der Waals surface area contributed by atoms with E-state index in [9.17, 15) is 0 Å². The molecular weight excluding hydrogens is 404 g/mol. The van der Waals surface area contributed by atoms with E-state index in [4.69, 9.17) is 11.6 Å². The van der Waals surface area contributed by atoms with Gasteiger partial charge in [0, 0.05) is 10.6 Å². The Morgan fingerprint density at radius 2 is 1.57 bits per heavy atom. The van der Waals surface area contributed by atoms with Crippen LogP contribution in [0.5, 0.6) is 0 Å². The van der Waals surface area contributed by atoms with Gasteiger partial charge in [-0.1, -0.05) is 94.3 Å². The van der Waals surface area contributed by atoms with Crippen LogP contribution in [0, 0.1) is 5.92 Å². The first-order valence-corrected chi connectivity index (χ1v) is 13.6. The first-order chi connectivity index (χ1) is 14.7. The number of unbranched alkanes of at least 4 members (excludes halogenated alkanes) is 3. The summed E-state index contributed by atoms with van der Waals surface area (Å²) in [5.41, 5.74) is 4.26. The lowest BCUT2D eigenvalue weighted by molar-refractivity contribution is 0.302. The first-order valence-electron chi connectivity index (χ1n) is 12.2. The van der Waals surface area contributed by atoms with Crippen molar-refractivity contribution in [1.82, 2.24) is 0 Å².